The second kappa shape index (κ2) is 2.89. The number of aliphatic hydroxyl groups is 1. The van der Waals surface area contributed by atoms with Crippen molar-refractivity contribution in [1.29, 1.82) is 0 Å². The predicted molar refractivity (Wildman–Crippen MR) is 52.5 cm³/mol. The molecular weight excluding hydrogens is 180 g/mol. The Bertz CT molecular complexity index is 367. The fourth-order valence-electron chi connectivity index (χ4n) is 1.64. The Hall–Kier alpha value is -1.22. The molecule has 0 heterocycles. The van der Waals surface area contributed by atoms with Crippen molar-refractivity contribution in [2.24, 2.45) is 0 Å². The zero-order valence-corrected chi connectivity index (χ0v) is 8.37. The summed E-state index contributed by atoms with van der Waals surface area (Å²) in [7, 11) is 1.51. The van der Waals surface area contributed by atoms with Gasteiger partial charge in [-0.3, -0.25) is 0 Å². The molecule has 14 heavy (non-hydrogen) atoms. The molecule has 0 aliphatic heterocycles. The highest BCUT2D eigenvalue weighted by Gasteiger charge is 2.44. The quantitative estimate of drug-likeness (QED) is 0.753. The summed E-state index contributed by atoms with van der Waals surface area (Å²) < 4.78 is 5.03. The van der Waals surface area contributed by atoms with Gasteiger partial charge in [-0.2, -0.15) is 0 Å². The van der Waals surface area contributed by atoms with Gasteiger partial charge in [0.25, 0.3) is 0 Å². The van der Waals surface area contributed by atoms with E-state index in [0.29, 0.717) is 24.2 Å². The lowest BCUT2D eigenvalue weighted by Crippen LogP contribution is -2.05. The summed E-state index contributed by atoms with van der Waals surface area (Å²) >= 11 is 0. The largest absolute Gasteiger partial charge is 0.504 e. The van der Waals surface area contributed by atoms with Gasteiger partial charge in [0, 0.05) is 5.56 Å². The van der Waals surface area contributed by atoms with E-state index < -0.39 is 5.60 Å². The molecule has 2 rings (SSSR count). The molecule has 0 atom stereocenters. The highest BCUT2D eigenvalue weighted by Crippen LogP contribution is 2.50. The minimum atomic E-state index is -0.816. The van der Waals surface area contributed by atoms with Crippen molar-refractivity contribution in [1.82, 2.24) is 0 Å². The van der Waals surface area contributed by atoms with Crippen LogP contribution in [0.2, 0.25) is 0 Å². The molecular formula is C11H14O3. The van der Waals surface area contributed by atoms with Crippen LogP contribution in [0.4, 0.5) is 0 Å². The first-order valence-electron chi connectivity index (χ1n) is 4.67. The van der Waals surface area contributed by atoms with Gasteiger partial charge in [0.2, 0.25) is 0 Å². The summed E-state index contributed by atoms with van der Waals surface area (Å²) in [5.41, 5.74) is 0.757. The topological polar surface area (TPSA) is 49.7 Å². The summed E-state index contributed by atoms with van der Waals surface area (Å²) in [5, 5.41) is 19.7. The number of phenolic OH excluding ortho intramolecular Hbond substituents is 1. The van der Waals surface area contributed by atoms with Gasteiger partial charge in [0.15, 0.2) is 11.5 Å². The lowest BCUT2D eigenvalue weighted by atomic mass is 10.0. The molecule has 0 amide bonds. The van der Waals surface area contributed by atoms with Crippen LogP contribution in [0.5, 0.6) is 11.5 Å². The van der Waals surface area contributed by atoms with E-state index in [1.54, 1.807) is 6.07 Å². The number of benzene rings is 1. The molecule has 76 valence electrons. The molecule has 0 bridgehead atoms. The number of methoxy groups -OCH3 is 1. The van der Waals surface area contributed by atoms with Crippen LogP contribution in [0.1, 0.15) is 24.0 Å². The van der Waals surface area contributed by atoms with Crippen molar-refractivity contribution in [3.8, 4) is 11.5 Å². The number of phenols is 1. The van der Waals surface area contributed by atoms with Crippen molar-refractivity contribution >= 4 is 0 Å². The number of ether oxygens (including phenoxy) is 1. The van der Waals surface area contributed by atoms with Crippen molar-refractivity contribution in [3.05, 3.63) is 23.3 Å². The van der Waals surface area contributed by atoms with Gasteiger partial charge >= 0.3 is 0 Å². The van der Waals surface area contributed by atoms with E-state index >= 15 is 0 Å². The molecule has 2 N–H and O–H groups in total. The highest BCUT2D eigenvalue weighted by atomic mass is 16.5. The molecule has 0 spiro atoms. The maximum Gasteiger partial charge on any atom is 0.163 e. The standard InChI is InChI=1S/C11H14O3/c1-7-5-8(11(13)3-4-11)10(12)9(6-7)14-2/h5-6,12-13H,3-4H2,1-2H3. The SMILES string of the molecule is COc1cc(C)cc(C2(O)CC2)c1O. The molecule has 1 aliphatic rings. The van der Waals surface area contributed by atoms with Crippen LogP contribution < -0.4 is 4.74 Å². The van der Waals surface area contributed by atoms with Crippen molar-refractivity contribution in [3.63, 3.8) is 0 Å². The third-order valence-corrected chi connectivity index (χ3v) is 2.66. The molecule has 1 aliphatic carbocycles. The number of aryl methyl sites for hydroxylation is 1. The van der Waals surface area contributed by atoms with Crippen LogP contribution in [-0.4, -0.2) is 17.3 Å². The summed E-state index contributed by atoms with van der Waals surface area (Å²) in [4.78, 5) is 0. The Morgan fingerprint density at radius 1 is 1.36 bits per heavy atom. The lowest BCUT2D eigenvalue weighted by molar-refractivity contribution is 0.147. The fourth-order valence-corrected chi connectivity index (χ4v) is 1.64. The Morgan fingerprint density at radius 2 is 2.00 bits per heavy atom. The van der Waals surface area contributed by atoms with E-state index in [-0.39, 0.29) is 5.75 Å². The Balaban J connectivity index is 2.54. The van der Waals surface area contributed by atoms with Crippen LogP contribution in [0.3, 0.4) is 0 Å². The maximum atomic E-state index is 9.91. The van der Waals surface area contributed by atoms with Gasteiger partial charge in [-0.25, -0.2) is 0 Å². The summed E-state index contributed by atoms with van der Waals surface area (Å²) in [5.74, 6) is 0.499. The Kier molecular flexibility index (Phi) is 1.93. The number of aromatic hydroxyl groups is 1. The predicted octanol–water partition coefficient (Wildman–Crippen LogP) is 1.69. The van der Waals surface area contributed by atoms with Gasteiger partial charge in [0.1, 0.15) is 0 Å². The van der Waals surface area contributed by atoms with Crippen LogP contribution in [0.25, 0.3) is 0 Å². The van der Waals surface area contributed by atoms with Gasteiger partial charge in [-0.15, -0.1) is 0 Å². The minimum absolute atomic E-state index is 0.0677. The molecule has 1 aromatic rings. The molecule has 0 saturated heterocycles. The fraction of sp³-hybridized carbons (Fsp3) is 0.455. The zero-order chi connectivity index (χ0) is 10.3. The highest BCUT2D eigenvalue weighted by molar-refractivity contribution is 5.52. The van der Waals surface area contributed by atoms with Crippen molar-refractivity contribution < 1.29 is 14.9 Å². The van der Waals surface area contributed by atoms with E-state index in [0.717, 1.165) is 5.56 Å². The van der Waals surface area contributed by atoms with E-state index in [4.69, 9.17) is 4.74 Å². The molecule has 1 saturated carbocycles. The van der Waals surface area contributed by atoms with E-state index in [2.05, 4.69) is 0 Å². The van der Waals surface area contributed by atoms with Gasteiger partial charge in [-0.05, 0) is 37.5 Å². The molecule has 3 nitrogen and oxygen atoms in total. The van der Waals surface area contributed by atoms with Crippen LogP contribution in [0.15, 0.2) is 12.1 Å². The zero-order valence-electron chi connectivity index (χ0n) is 8.37. The average Bonchev–Trinajstić information content (AvgIpc) is 2.88. The minimum Gasteiger partial charge on any atom is -0.504 e. The number of hydrogen-bond acceptors (Lipinski definition) is 3. The van der Waals surface area contributed by atoms with Crippen molar-refractivity contribution in [2.45, 2.75) is 25.4 Å². The molecule has 1 aromatic carbocycles. The Morgan fingerprint density at radius 3 is 2.50 bits per heavy atom. The van der Waals surface area contributed by atoms with Gasteiger partial charge < -0.3 is 14.9 Å². The molecule has 3 heteroatoms. The Labute approximate surface area is 83.0 Å². The van der Waals surface area contributed by atoms with E-state index in [1.165, 1.54) is 7.11 Å². The van der Waals surface area contributed by atoms with E-state index in [9.17, 15) is 10.2 Å². The van der Waals surface area contributed by atoms with Crippen LogP contribution in [0, 0.1) is 6.92 Å². The van der Waals surface area contributed by atoms with Gasteiger partial charge in [-0.1, -0.05) is 0 Å². The first-order valence-corrected chi connectivity index (χ1v) is 4.67. The second-order valence-electron chi connectivity index (χ2n) is 3.89. The van der Waals surface area contributed by atoms with Crippen molar-refractivity contribution in [2.75, 3.05) is 7.11 Å². The maximum absolute atomic E-state index is 9.91. The van der Waals surface area contributed by atoms with Gasteiger partial charge in [0.05, 0.1) is 12.7 Å². The number of rotatable bonds is 2. The molecule has 1 fully saturated rings. The first-order chi connectivity index (χ1) is 6.57. The van der Waals surface area contributed by atoms with Crippen LogP contribution in [-0.2, 0) is 5.60 Å². The molecule has 0 unspecified atom stereocenters. The lowest BCUT2D eigenvalue weighted by Gasteiger charge is -2.14. The average molecular weight is 194 g/mol. The van der Waals surface area contributed by atoms with E-state index in [1.807, 2.05) is 13.0 Å². The summed E-state index contributed by atoms with van der Waals surface area (Å²) in [6.07, 6.45) is 1.43. The molecule has 0 aromatic heterocycles. The third-order valence-electron chi connectivity index (χ3n) is 2.66. The summed E-state index contributed by atoms with van der Waals surface area (Å²) in [6.45, 7) is 1.91. The van der Waals surface area contributed by atoms with Crippen LogP contribution >= 0.6 is 0 Å². The number of hydrogen-bond donors (Lipinski definition) is 2. The third kappa shape index (κ3) is 1.34. The normalized spacial score (nSPS) is 17.9. The molecule has 0 radical (unpaired) electrons. The first kappa shape index (κ1) is 9.34. The summed E-state index contributed by atoms with van der Waals surface area (Å²) in [6, 6.07) is 3.56. The smallest absolute Gasteiger partial charge is 0.163 e. The second-order valence-corrected chi connectivity index (χ2v) is 3.89. The monoisotopic (exact) mass is 194 g/mol.